The highest BCUT2D eigenvalue weighted by molar-refractivity contribution is 5.86. The van der Waals surface area contributed by atoms with Crippen LogP contribution in [0.3, 0.4) is 0 Å². The number of aliphatic hydroxyl groups excluding tert-OH is 2. The van der Waals surface area contributed by atoms with Crippen molar-refractivity contribution in [3.05, 3.63) is 60.7 Å². The number of benzene rings is 1. The molecule has 1 saturated heterocycles. The van der Waals surface area contributed by atoms with Crippen LogP contribution in [-0.4, -0.2) is 48.0 Å². The molecule has 1 aliphatic rings. The van der Waals surface area contributed by atoms with E-state index in [1.165, 1.54) is 6.33 Å². The van der Waals surface area contributed by atoms with E-state index < -0.39 is 24.5 Å². The van der Waals surface area contributed by atoms with Crippen molar-refractivity contribution >= 4 is 27.8 Å². The molecule has 144 valence electrons. The van der Waals surface area contributed by atoms with Crippen molar-refractivity contribution < 1.29 is 14.9 Å². The highest BCUT2D eigenvalue weighted by Crippen LogP contribution is 2.32. The summed E-state index contributed by atoms with van der Waals surface area (Å²) in [4.78, 5) is 12.5. The number of nitrogens with zero attached hydrogens (tertiary/aromatic N) is 4. The quantitative estimate of drug-likeness (QED) is 0.420. The number of pyridine rings is 1. The zero-order chi connectivity index (χ0) is 20.0. The summed E-state index contributed by atoms with van der Waals surface area (Å²) in [5, 5.41) is 22.6. The minimum absolute atomic E-state index is 0.336. The third-order valence-corrected chi connectivity index (χ3v) is 5.02. The number of nitrogen functional groups attached to an aromatic ring is 1. The average Bonchev–Trinajstić information content (AvgIpc) is 3.29. The molecule has 0 bridgehead atoms. The predicted molar refractivity (Wildman–Crippen MR) is 106 cm³/mol. The smallest absolute Gasteiger partial charge is 0.165 e. The molecule has 3 aromatic heterocycles. The van der Waals surface area contributed by atoms with Crippen molar-refractivity contribution in [1.29, 1.82) is 0 Å². The number of aliphatic hydroxyl groups is 2. The Morgan fingerprint density at radius 2 is 1.97 bits per heavy atom. The van der Waals surface area contributed by atoms with Crippen LogP contribution in [0.2, 0.25) is 0 Å². The third-order valence-electron chi connectivity index (χ3n) is 5.02. The van der Waals surface area contributed by atoms with Crippen molar-refractivity contribution in [2.75, 3.05) is 5.73 Å². The van der Waals surface area contributed by atoms with Crippen LogP contribution in [0, 0.1) is 11.8 Å². The highest BCUT2D eigenvalue weighted by atomic mass is 16.6. The summed E-state index contributed by atoms with van der Waals surface area (Å²) in [6.07, 6.45) is 0.739. The first-order valence-corrected chi connectivity index (χ1v) is 9.07. The maximum Gasteiger partial charge on any atom is 0.165 e. The van der Waals surface area contributed by atoms with Gasteiger partial charge in [-0.2, -0.15) is 0 Å². The van der Waals surface area contributed by atoms with E-state index in [-0.39, 0.29) is 0 Å². The monoisotopic (exact) mass is 387 g/mol. The molecule has 8 heteroatoms. The molecule has 0 unspecified atom stereocenters. The van der Waals surface area contributed by atoms with Crippen molar-refractivity contribution in [3.63, 3.8) is 0 Å². The molecule has 8 nitrogen and oxygen atoms in total. The number of fused-ring (bicyclic) bond motifs is 2. The molecule has 0 spiro atoms. The lowest BCUT2D eigenvalue weighted by molar-refractivity contribution is -0.0227. The van der Waals surface area contributed by atoms with Gasteiger partial charge in [0.25, 0.3) is 0 Å². The molecule has 1 aliphatic heterocycles. The zero-order valence-corrected chi connectivity index (χ0v) is 15.2. The van der Waals surface area contributed by atoms with E-state index in [9.17, 15) is 10.2 Å². The van der Waals surface area contributed by atoms with Crippen LogP contribution in [0.25, 0.3) is 21.9 Å². The Hall–Kier alpha value is -3.51. The second-order valence-electron chi connectivity index (χ2n) is 6.83. The average molecular weight is 387 g/mol. The van der Waals surface area contributed by atoms with Gasteiger partial charge in [0.1, 0.15) is 36.1 Å². The van der Waals surface area contributed by atoms with Gasteiger partial charge >= 0.3 is 0 Å². The van der Waals surface area contributed by atoms with E-state index in [0.29, 0.717) is 16.9 Å². The molecule has 1 fully saturated rings. The van der Waals surface area contributed by atoms with E-state index in [1.54, 1.807) is 23.0 Å². The summed E-state index contributed by atoms with van der Waals surface area (Å²) in [6, 6.07) is 11.3. The first-order valence-electron chi connectivity index (χ1n) is 9.07. The fourth-order valence-electron chi connectivity index (χ4n) is 3.50. The van der Waals surface area contributed by atoms with Gasteiger partial charge in [0.05, 0.1) is 10.9 Å². The predicted octanol–water partition coefficient (Wildman–Crippen LogP) is 1.23. The maximum absolute atomic E-state index is 10.5. The van der Waals surface area contributed by atoms with Crippen LogP contribution in [0.4, 0.5) is 5.82 Å². The van der Waals surface area contributed by atoms with Gasteiger partial charge < -0.3 is 25.3 Å². The van der Waals surface area contributed by atoms with Crippen molar-refractivity contribution in [2.24, 2.45) is 0 Å². The second-order valence-corrected chi connectivity index (χ2v) is 6.83. The minimum atomic E-state index is -1.17. The van der Waals surface area contributed by atoms with Gasteiger partial charge in [-0.05, 0) is 24.3 Å². The number of ether oxygens (including phenoxy) is 1. The lowest BCUT2D eigenvalue weighted by Crippen LogP contribution is -2.30. The molecule has 4 atom stereocenters. The van der Waals surface area contributed by atoms with Crippen LogP contribution in [0.1, 0.15) is 11.8 Å². The molecule has 29 heavy (non-hydrogen) atoms. The number of hydrogen-bond acceptors (Lipinski definition) is 7. The Morgan fingerprint density at radius 1 is 1.07 bits per heavy atom. The number of aromatic nitrogens is 4. The van der Waals surface area contributed by atoms with Crippen molar-refractivity contribution in [1.82, 2.24) is 19.5 Å². The van der Waals surface area contributed by atoms with Gasteiger partial charge in [-0.1, -0.05) is 24.0 Å². The van der Waals surface area contributed by atoms with E-state index in [2.05, 4.69) is 26.8 Å². The standard InChI is InChI=1S/C21H17N5O3/c22-19-14-7-9-26(20(14)25-11-24-19)21-18(28)17(27)16(29-21)6-4-12-3-5-13-2-1-8-23-15(13)10-12/h1-3,5,7-11,16-18,21,27-28H,(H2,22,24,25)/t16-,17-,18-,21-/m1/s1. The molecular weight excluding hydrogens is 370 g/mol. The highest BCUT2D eigenvalue weighted by Gasteiger charge is 2.43. The van der Waals surface area contributed by atoms with Gasteiger partial charge in [0, 0.05) is 23.3 Å². The number of rotatable bonds is 1. The molecule has 4 heterocycles. The second kappa shape index (κ2) is 6.83. The Morgan fingerprint density at radius 3 is 2.86 bits per heavy atom. The number of anilines is 1. The van der Waals surface area contributed by atoms with E-state index in [0.717, 1.165) is 16.5 Å². The normalized spacial score (nSPS) is 23.9. The van der Waals surface area contributed by atoms with Crippen LogP contribution >= 0.6 is 0 Å². The largest absolute Gasteiger partial charge is 0.386 e. The molecule has 0 amide bonds. The molecule has 4 N–H and O–H groups in total. The summed E-state index contributed by atoms with van der Waals surface area (Å²) in [6.45, 7) is 0. The molecular formula is C21H17N5O3. The van der Waals surface area contributed by atoms with Gasteiger partial charge in [-0.15, -0.1) is 0 Å². The van der Waals surface area contributed by atoms with E-state index in [4.69, 9.17) is 10.5 Å². The Labute approximate surface area is 165 Å². The minimum Gasteiger partial charge on any atom is -0.386 e. The maximum atomic E-state index is 10.5. The third kappa shape index (κ3) is 2.98. The van der Waals surface area contributed by atoms with Gasteiger partial charge in [-0.3, -0.25) is 4.98 Å². The molecule has 1 aromatic carbocycles. The van der Waals surface area contributed by atoms with Gasteiger partial charge in [0.15, 0.2) is 6.23 Å². The van der Waals surface area contributed by atoms with E-state index in [1.807, 2.05) is 30.3 Å². The Balaban J connectivity index is 1.44. The summed E-state index contributed by atoms with van der Waals surface area (Å²) >= 11 is 0. The van der Waals surface area contributed by atoms with Gasteiger partial charge in [0.2, 0.25) is 0 Å². The Kier molecular flexibility index (Phi) is 4.14. The summed E-state index contributed by atoms with van der Waals surface area (Å²) in [7, 11) is 0. The SMILES string of the molecule is Nc1ncnc2c1ccn2[C@@H]1O[C@H](C#Cc2ccc3cccnc3c2)[C@@H](O)[C@H]1O. The molecule has 4 aromatic rings. The van der Waals surface area contributed by atoms with Crippen LogP contribution < -0.4 is 5.73 Å². The summed E-state index contributed by atoms with van der Waals surface area (Å²) in [5.74, 6) is 6.25. The summed E-state index contributed by atoms with van der Waals surface area (Å²) in [5.41, 5.74) is 7.96. The Bertz CT molecular complexity index is 1280. The zero-order valence-electron chi connectivity index (χ0n) is 15.2. The first kappa shape index (κ1) is 17.6. The lowest BCUT2D eigenvalue weighted by atomic mass is 10.1. The first-order chi connectivity index (χ1) is 14.1. The van der Waals surface area contributed by atoms with Crippen molar-refractivity contribution in [3.8, 4) is 11.8 Å². The molecule has 0 aliphatic carbocycles. The molecule has 0 saturated carbocycles. The molecule has 5 rings (SSSR count). The van der Waals surface area contributed by atoms with Crippen LogP contribution in [0.5, 0.6) is 0 Å². The fraction of sp³-hybridized carbons (Fsp3) is 0.190. The topological polar surface area (TPSA) is 119 Å². The van der Waals surface area contributed by atoms with Crippen LogP contribution in [-0.2, 0) is 4.74 Å². The molecule has 0 radical (unpaired) electrons. The number of nitrogens with two attached hydrogens (primary N) is 1. The van der Waals surface area contributed by atoms with Gasteiger partial charge in [-0.25, -0.2) is 9.97 Å². The van der Waals surface area contributed by atoms with E-state index >= 15 is 0 Å². The van der Waals surface area contributed by atoms with Crippen LogP contribution in [0.15, 0.2) is 55.1 Å². The number of hydrogen-bond donors (Lipinski definition) is 3. The van der Waals surface area contributed by atoms with Crippen molar-refractivity contribution in [2.45, 2.75) is 24.5 Å². The lowest BCUT2D eigenvalue weighted by Gasteiger charge is -2.16. The summed E-state index contributed by atoms with van der Waals surface area (Å²) < 4.78 is 7.49. The fourth-order valence-corrected chi connectivity index (χ4v) is 3.50.